The molecule has 0 rings (SSSR count). The van der Waals surface area contributed by atoms with E-state index in [0.717, 1.165) is 0 Å². The van der Waals surface area contributed by atoms with E-state index >= 15 is 0 Å². The molecule has 0 unspecified atom stereocenters. The van der Waals surface area contributed by atoms with Crippen molar-refractivity contribution in [3.8, 4) is 0 Å². The Labute approximate surface area is 152 Å². The zero-order chi connectivity index (χ0) is 22.1. The van der Waals surface area contributed by atoms with Crippen LogP contribution in [-0.2, 0) is 18.9 Å². The fourth-order valence-electron chi connectivity index (χ4n) is 0.812. The fraction of sp³-hybridized carbons (Fsp3) is 0.750. The van der Waals surface area contributed by atoms with Crippen LogP contribution in [0.1, 0.15) is 0 Å². The van der Waals surface area contributed by atoms with Crippen LogP contribution in [0.5, 0.6) is 0 Å². The molecule has 0 aromatic carbocycles. The lowest BCUT2D eigenvalue weighted by molar-refractivity contribution is -0.337. The maximum atomic E-state index is 9.77. The Morgan fingerprint density at radius 1 is 0.692 bits per heavy atom. The summed E-state index contributed by atoms with van der Waals surface area (Å²) in [6, 6.07) is 0. The third-order valence-electron chi connectivity index (χ3n) is 1.35. The summed E-state index contributed by atoms with van der Waals surface area (Å²) in [7, 11) is 5.16. The van der Waals surface area contributed by atoms with Gasteiger partial charge in [-0.25, -0.2) is 0 Å². The molecule has 0 aliphatic rings. The summed E-state index contributed by atoms with van der Waals surface area (Å²) < 4.78 is 8.66. The molecule has 0 fully saturated rings. The first-order valence-corrected chi connectivity index (χ1v) is 8.22. The Bertz CT molecular complexity index is 381. The number of likely N-dealkylation sites (N-methyl/N-ethyl adjacent to an activating group) is 3. The molecule has 0 bridgehead atoms. The van der Waals surface area contributed by atoms with Crippen molar-refractivity contribution in [2.24, 2.45) is 0 Å². The van der Waals surface area contributed by atoms with Gasteiger partial charge in [-0.05, 0) is 42.3 Å². The molecule has 14 heteroatoms. The first kappa shape index (κ1) is 32.1. The van der Waals surface area contributed by atoms with Gasteiger partial charge in [0.1, 0.15) is 0 Å². The number of hydrogen-bond acceptors (Lipinski definition) is 9. The molecular weight excluding hydrogens is 377 g/mol. The molecule has 0 aliphatic carbocycles. The van der Waals surface area contributed by atoms with E-state index in [1.807, 2.05) is 0 Å². The molecule has 4 N–H and O–H groups in total. The molecule has 0 aromatic rings. The SMILES string of the molecule is CN(C)CC(=O)O.CN(C)CC(=O)O.CN(C)CC(=O)O.O=P([O-])([O-])O. The second kappa shape index (κ2) is 18.2. The average Bonchev–Trinajstić information content (AvgIpc) is 2.20. The van der Waals surface area contributed by atoms with Gasteiger partial charge in [-0.1, -0.05) is 0 Å². The number of phosphoric acid groups is 1. The van der Waals surface area contributed by atoms with Crippen LogP contribution in [-0.4, -0.2) is 115 Å². The van der Waals surface area contributed by atoms with E-state index in [4.69, 9.17) is 34.6 Å². The molecule has 0 aromatic heterocycles. The van der Waals surface area contributed by atoms with Gasteiger partial charge in [-0.15, -0.1) is 0 Å². The van der Waals surface area contributed by atoms with Crippen LogP contribution in [0.4, 0.5) is 0 Å². The minimum absolute atomic E-state index is 0.111. The van der Waals surface area contributed by atoms with Crippen LogP contribution in [0, 0.1) is 0 Å². The average molecular weight is 405 g/mol. The maximum absolute atomic E-state index is 9.77. The first-order chi connectivity index (χ1) is 11.4. The Morgan fingerprint density at radius 3 is 0.808 bits per heavy atom. The van der Waals surface area contributed by atoms with Gasteiger partial charge in [-0.3, -0.25) is 29.1 Å². The molecule has 158 valence electrons. The molecule has 0 saturated heterocycles. The van der Waals surface area contributed by atoms with Gasteiger partial charge in [-0.2, -0.15) is 0 Å². The highest BCUT2D eigenvalue weighted by Crippen LogP contribution is 2.11. The number of carboxylic acid groups (broad SMARTS) is 3. The molecule has 26 heavy (non-hydrogen) atoms. The number of carbonyl (C=O) groups is 3. The standard InChI is InChI=1S/3C4H9NO2.H3O4P/c3*1-5(2)3-4(6)7;1-5(2,3)4/h3*3H2,1-2H3,(H,6,7);(H3,1,2,3,4)/p-2. The summed E-state index contributed by atoms with van der Waals surface area (Å²) in [5.74, 6) is -2.36. The number of nitrogens with zero attached hydrogens (tertiary/aromatic N) is 3. The van der Waals surface area contributed by atoms with E-state index in [2.05, 4.69) is 0 Å². The lowest BCUT2D eigenvalue weighted by Gasteiger charge is -2.19. The lowest BCUT2D eigenvalue weighted by atomic mass is 10.6. The van der Waals surface area contributed by atoms with E-state index < -0.39 is 25.7 Å². The smallest absolute Gasteiger partial charge is 0.317 e. The second-order valence-corrected chi connectivity index (χ2v) is 6.30. The third kappa shape index (κ3) is 94.8. The Balaban J connectivity index is -0.000000125. The van der Waals surface area contributed by atoms with Crippen molar-refractivity contribution in [2.45, 2.75) is 0 Å². The summed E-state index contributed by atoms with van der Waals surface area (Å²) >= 11 is 0. The van der Waals surface area contributed by atoms with E-state index in [-0.39, 0.29) is 19.6 Å². The Kier molecular flexibility index (Phi) is 22.5. The van der Waals surface area contributed by atoms with Crippen molar-refractivity contribution in [3.63, 3.8) is 0 Å². The van der Waals surface area contributed by atoms with Crippen LogP contribution >= 0.6 is 7.82 Å². The predicted octanol–water partition coefficient (Wildman–Crippen LogP) is -3.29. The summed E-state index contributed by atoms with van der Waals surface area (Å²) in [5, 5.41) is 24.1. The van der Waals surface area contributed by atoms with Gasteiger partial charge < -0.3 is 34.6 Å². The third-order valence-corrected chi connectivity index (χ3v) is 1.35. The molecule has 0 saturated carbocycles. The minimum atomic E-state index is -5.14. The molecular formula is C12H28N3O10P-2. The maximum Gasteiger partial charge on any atom is 0.317 e. The molecule has 0 heterocycles. The van der Waals surface area contributed by atoms with Crippen LogP contribution < -0.4 is 9.79 Å². The lowest BCUT2D eigenvalue weighted by Crippen LogP contribution is -2.20. The highest BCUT2D eigenvalue weighted by molar-refractivity contribution is 7.42. The molecule has 0 amide bonds. The topological polar surface area (TPSA) is 205 Å². The van der Waals surface area contributed by atoms with Gasteiger partial charge >= 0.3 is 17.9 Å². The Hall–Kier alpha value is -1.60. The first-order valence-electron chi connectivity index (χ1n) is 6.72. The summed E-state index contributed by atoms with van der Waals surface area (Å²) in [6.07, 6.45) is 0. The van der Waals surface area contributed by atoms with Crippen LogP contribution in [0.15, 0.2) is 0 Å². The number of aliphatic carboxylic acids is 3. The van der Waals surface area contributed by atoms with Gasteiger partial charge in [0.15, 0.2) is 0 Å². The zero-order valence-electron chi connectivity index (χ0n) is 15.6. The molecule has 0 aliphatic heterocycles. The van der Waals surface area contributed by atoms with Crippen LogP contribution in [0.2, 0.25) is 0 Å². The zero-order valence-corrected chi connectivity index (χ0v) is 16.5. The van der Waals surface area contributed by atoms with Gasteiger partial charge in [0, 0.05) is 0 Å². The number of carboxylic acids is 3. The summed E-state index contributed by atoms with van der Waals surface area (Å²) in [5.41, 5.74) is 0. The minimum Gasteiger partial charge on any atom is -0.790 e. The summed E-state index contributed by atoms with van der Waals surface area (Å²) in [6.45, 7) is 0.333. The Morgan fingerprint density at radius 2 is 0.808 bits per heavy atom. The van der Waals surface area contributed by atoms with Crippen LogP contribution in [0.3, 0.4) is 0 Å². The van der Waals surface area contributed by atoms with Gasteiger partial charge in [0.25, 0.3) is 0 Å². The number of rotatable bonds is 6. The number of hydrogen-bond donors (Lipinski definition) is 4. The van der Waals surface area contributed by atoms with Gasteiger partial charge in [0.2, 0.25) is 0 Å². The summed E-state index contributed by atoms with van der Waals surface area (Å²) in [4.78, 5) is 58.4. The van der Waals surface area contributed by atoms with Crippen molar-refractivity contribution in [2.75, 3.05) is 61.9 Å². The van der Waals surface area contributed by atoms with E-state index in [9.17, 15) is 14.4 Å². The molecule has 0 spiro atoms. The molecule has 0 atom stereocenters. The second-order valence-electron chi connectivity index (χ2n) is 5.36. The van der Waals surface area contributed by atoms with Crippen molar-refractivity contribution < 1.29 is 48.9 Å². The normalized spacial score (nSPS) is 10.0. The van der Waals surface area contributed by atoms with E-state index in [0.29, 0.717) is 0 Å². The van der Waals surface area contributed by atoms with Gasteiger partial charge in [0.05, 0.1) is 27.5 Å². The highest BCUT2D eigenvalue weighted by Gasteiger charge is 1.95. The van der Waals surface area contributed by atoms with Crippen molar-refractivity contribution in [1.29, 1.82) is 0 Å². The van der Waals surface area contributed by atoms with Crippen LogP contribution in [0.25, 0.3) is 0 Å². The highest BCUT2D eigenvalue weighted by atomic mass is 31.2. The fourth-order valence-corrected chi connectivity index (χ4v) is 0.812. The molecule has 0 radical (unpaired) electrons. The van der Waals surface area contributed by atoms with E-state index in [1.54, 1.807) is 57.0 Å². The van der Waals surface area contributed by atoms with Crippen molar-refractivity contribution in [3.05, 3.63) is 0 Å². The van der Waals surface area contributed by atoms with Crippen molar-refractivity contribution >= 4 is 25.7 Å². The largest absolute Gasteiger partial charge is 0.790 e. The molecule has 13 nitrogen and oxygen atoms in total. The predicted molar refractivity (Wildman–Crippen MR) is 88.4 cm³/mol. The monoisotopic (exact) mass is 405 g/mol. The quantitative estimate of drug-likeness (QED) is 0.320. The van der Waals surface area contributed by atoms with Crippen molar-refractivity contribution in [1.82, 2.24) is 14.7 Å². The van der Waals surface area contributed by atoms with E-state index in [1.165, 1.54) is 0 Å².